The van der Waals surface area contributed by atoms with E-state index in [1.165, 1.54) is 7.11 Å². The number of rotatable bonds is 7. The Morgan fingerprint density at radius 3 is 1.40 bits per heavy atom. The van der Waals surface area contributed by atoms with Crippen molar-refractivity contribution >= 4 is 46.7 Å². The molecule has 0 fully saturated rings. The molecule has 4 nitrogen and oxygen atoms in total. The third-order valence-corrected chi connectivity index (χ3v) is 10.6. The molecule has 0 aliphatic heterocycles. The highest BCUT2D eigenvalue weighted by atomic mass is 35.5. The summed E-state index contributed by atoms with van der Waals surface area (Å²) in [6.45, 7) is 0. The molecule has 0 radical (unpaired) electrons. The van der Waals surface area contributed by atoms with Crippen molar-refractivity contribution in [3.05, 3.63) is 137 Å². The number of carbonyl (C=O) groups excluding carboxylic acids is 2. The molecule has 0 atom stereocenters. The molecule has 0 heterocycles. The summed E-state index contributed by atoms with van der Waals surface area (Å²) < 4.78 is 5.33. The van der Waals surface area contributed by atoms with Crippen LogP contribution in [0.1, 0.15) is 10.4 Å². The maximum Gasteiger partial charge on any atom is 0.359 e. The fourth-order valence-electron chi connectivity index (χ4n) is 3.97. The second-order valence-corrected chi connectivity index (χ2v) is 11.6. The van der Waals surface area contributed by atoms with Gasteiger partial charge < -0.3 is 10.1 Å². The van der Waals surface area contributed by atoms with Crippen LogP contribution >= 0.6 is 18.9 Å². The molecule has 4 aromatic rings. The molecule has 1 N–H and O–H groups in total. The molecule has 0 spiro atoms. The van der Waals surface area contributed by atoms with Gasteiger partial charge in [-0.05, 0) is 60.1 Å². The van der Waals surface area contributed by atoms with Gasteiger partial charge in [-0.25, -0.2) is 4.79 Å². The van der Waals surface area contributed by atoms with Gasteiger partial charge >= 0.3 is 5.97 Å². The number of esters is 1. The lowest BCUT2D eigenvalue weighted by atomic mass is 10.2. The van der Waals surface area contributed by atoms with Crippen molar-refractivity contribution in [2.75, 3.05) is 7.11 Å². The average Bonchev–Trinajstić information content (AvgIpc) is 2.94. The van der Waals surface area contributed by atoms with Crippen molar-refractivity contribution < 1.29 is 14.3 Å². The second-order valence-electron chi connectivity index (χ2n) is 7.66. The number of carbonyl (C=O) groups is 2. The molecule has 4 rings (SSSR count). The standard InChI is InChI=1S/C29H23ClNO3P/c1-34-29(33)26(31-28(32)22-14-6-2-7-15-22)27(30)35(23-16-8-3-9-17-23,24-18-10-4-11-19-24)25-20-12-5-13-21-25/h2-21H,1H3/p+1/b27-26+. The molecule has 0 aliphatic rings. The molecule has 1 amide bonds. The van der Waals surface area contributed by atoms with Crippen LogP contribution in [0, 0.1) is 0 Å². The Morgan fingerprint density at radius 2 is 1.03 bits per heavy atom. The van der Waals surface area contributed by atoms with Gasteiger partial charge in [0, 0.05) is 5.56 Å². The van der Waals surface area contributed by atoms with Crippen LogP contribution in [0.2, 0.25) is 0 Å². The third kappa shape index (κ3) is 4.90. The average molecular weight is 501 g/mol. The first-order chi connectivity index (χ1) is 17.1. The first kappa shape index (κ1) is 24.4. The van der Waals surface area contributed by atoms with E-state index in [2.05, 4.69) is 5.32 Å². The van der Waals surface area contributed by atoms with Crippen LogP contribution in [0.5, 0.6) is 0 Å². The summed E-state index contributed by atoms with van der Waals surface area (Å²) >= 11 is 7.29. The maximum absolute atomic E-state index is 13.1. The summed E-state index contributed by atoms with van der Waals surface area (Å²) in [5.41, 5.74) is 0.328. The minimum Gasteiger partial charge on any atom is -0.464 e. The summed E-state index contributed by atoms with van der Waals surface area (Å²) in [6, 6.07) is 38.2. The zero-order valence-corrected chi connectivity index (χ0v) is 20.7. The number of hydrogen-bond donors (Lipinski definition) is 1. The van der Waals surface area contributed by atoms with Crippen molar-refractivity contribution in [2.24, 2.45) is 0 Å². The summed E-state index contributed by atoms with van der Waals surface area (Å²) in [6.07, 6.45) is 0. The summed E-state index contributed by atoms with van der Waals surface area (Å²) in [5.74, 6) is -1.16. The van der Waals surface area contributed by atoms with Gasteiger partial charge in [0.2, 0.25) is 4.77 Å². The number of nitrogens with one attached hydrogen (secondary N) is 1. The van der Waals surface area contributed by atoms with Crippen molar-refractivity contribution in [3.8, 4) is 0 Å². The van der Waals surface area contributed by atoms with E-state index in [1.54, 1.807) is 24.3 Å². The summed E-state index contributed by atoms with van der Waals surface area (Å²) in [4.78, 5) is 26.2. The predicted octanol–water partition coefficient (Wildman–Crippen LogP) is 4.99. The number of methoxy groups -OCH3 is 1. The number of ether oxygens (including phenoxy) is 1. The van der Waals surface area contributed by atoms with E-state index in [0.29, 0.717) is 5.56 Å². The lowest BCUT2D eigenvalue weighted by molar-refractivity contribution is -0.136. The van der Waals surface area contributed by atoms with Crippen LogP contribution in [0.25, 0.3) is 0 Å². The van der Waals surface area contributed by atoms with Gasteiger partial charge in [-0.1, -0.05) is 72.8 Å². The van der Waals surface area contributed by atoms with Gasteiger partial charge in [0.25, 0.3) is 5.91 Å². The van der Waals surface area contributed by atoms with Crippen molar-refractivity contribution in [1.82, 2.24) is 5.32 Å². The molecule has 35 heavy (non-hydrogen) atoms. The van der Waals surface area contributed by atoms with Crippen molar-refractivity contribution in [1.29, 1.82) is 0 Å². The number of halogens is 1. The van der Waals surface area contributed by atoms with E-state index in [-0.39, 0.29) is 10.5 Å². The highest BCUT2D eigenvalue weighted by Gasteiger charge is 2.52. The fraction of sp³-hybridized carbons (Fsp3) is 0.0345. The Morgan fingerprint density at radius 1 is 0.657 bits per heavy atom. The van der Waals surface area contributed by atoms with Gasteiger partial charge in [-0.2, -0.15) is 0 Å². The van der Waals surface area contributed by atoms with Crippen LogP contribution in [-0.4, -0.2) is 19.0 Å². The Kier molecular flexibility index (Phi) is 7.77. The highest BCUT2D eigenvalue weighted by Crippen LogP contribution is 2.64. The van der Waals surface area contributed by atoms with E-state index < -0.39 is 19.1 Å². The van der Waals surface area contributed by atoms with E-state index in [0.717, 1.165) is 15.9 Å². The molecule has 174 valence electrons. The van der Waals surface area contributed by atoms with Gasteiger partial charge in [-0.15, -0.1) is 0 Å². The van der Waals surface area contributed by atoms with E-state index in [9.17, 15) is 9.59 Å². The Labute approximate surface area is 210 Å². The van der Waals surface area contributed by atoms with E-state index >= 15 is 0 Å². The molecule has 4 aromatic carbocycles. The molecule has 0 bridgehead atoms. The van der Waals surface area contributed by atoms with Gasteiger partial charge in [0.15, 0.2) is 13.0 Å². The minimum absolute atomic E-state index is 0.0760. The van der Waals surface area contributed by atoms with Crippen LogP contribution in [0.3, 0.4) is 0 Å². The molecule has 0 aromatic heterocycles. The van der Waals surface area contributed by atoms with Gasteiger partial charge in [0.1, 0.15) is 15.9 Å². The molecule has 0 unspecified atom stereocenters. The Balaban J connectivity index is 2.04. The van der Waals surface area contributed by atoms with E-state index in [1.807, 2.05) is 97.1 Å². The number of hydrogen-bond acceptors (Lipinski definition) is 3. The quantitative estimate of drug-likeness (QED) is 0.221. The molecular weight excluding hydrogens is 477 g/mol. The lowest BCUT2D eigenvalue weighted by Gasteiger charge is -2.27. The molecule has 0 saturated carbocycles. The van der Waals surface area contributed by atoms with Gasteiger partial charge in [0.05, 0.1) is 7.11 Å². The van der Waals surface area contributed by atoms with E-state index in [4.69, 9.17) is 16.3 Å². The van der Waals surface area contributed by atoms with Crippen LogP contribution in [0.4, 0.5) is 0 Å². The van der Waals surface area contributed by atoms with Crippen molar-refractivity contribution in [2.45, 2.75) is 0 Å². The molecular formula is C29H24ClNO3P+. The smallest absolute Gasteiger partial charge is 0.359 e. The molecule has 0 saturated heterocycles. The zero-order chi connectivity index (χ0) is 24.7. The first-order valence-corrected chi connectivity index (χ1v) is 13.2. The third-order valence-electron chi connectivity index (χ3n) is 5.60. The fourth-order valence-corrected chi connectivity index (χ4v) is 8.89. The largest absolute Gasteiger partial charge is 0.464 e. The monoisotopic (exact) mass is 500 g/mol. The summed E-state index contributed by atoms with van der Waals surface area (Å²) in [5, 5.41) is 5.59. The zero-order valence-electron chi connectivity index (χ0n) is 19.1. The molecule has 0 aliphatic carbocycles. The van der Waals surface area contributed by atoms with Crippen LogP contribution < -0.4 is 21.2 Å². The topological polar surface area (TPSA) is 55.4 Å². The maximum atomic E-state index is 13.1. The minimum atomic E-state index is -2.79. The van der Waals surface area contributed by atoms with Crippen molar-refractivity contribution in [3.63, 3.8) is 0 Å². The Bertz CT molecular complexity index is 1230. The lowest BCUT2D eigenvalue weighted by Crippen LogP contribution is -2.35. The predicted molar refractivity (Wildman–Crippen MR) is 144 cm³/mol. The number of amides is 1. The molecule has 6 heteroatoms. The number of benzene rings is 4. The van der Waals surface area contributed by atoms with Crippen LogP contribution in [-0.2, 0) is 9.53 Å². The second kappa shape index (κ2) is 11.1. The Hall–Kier alpha value is -3.72. The summed E-state index contributed by atoms with van der Waals surface area (Å²) in [7, 11) is -1.51. The van der Waals surface area contributed by atoms with Gasteiger partial charge in [-0.3, -0.25) is 4.79 Å². The highest BCUT2D eigenvalue weighted by molar-refractivity contribution is 8.00. The SMILES string of the molecule is COC(=O)/C(NC(=O)c1ccccc1)=C(/Cl)[P+](c1ccccc1)(c1ccccc1)c1ccccc1. The van der Waals surface area contributed by atoms with Crippen LogP contribution in [0.15, 0.2) is 132 Å². The first-order valence-electron chi connectivity index (χ1n) is 11.0. The normalized spacial score (nSPS) is 11.8.